The molecule has 2 N–H and O–H groups in total. The summed E-state index contributed by atoms with van der Waals surface area (Å²) in [5.74, 6) is 1.61. The number of anilines is 3. The summed E-state index contributed by atoms with van der Waals surface area (Å²) in [6.45, 7) is 0.530. The first-order valence-corrected chi connectivity index (χ1v) is 5.79. The Morgan fingerprint density at radius 3 is 2.58 bits per heavy atom. The van der Waals surface area contributed by atoms with E-state index in [9.17, 15) is 0 Å². The van der Waals surface area contributed by atoms with E-state index in [4.69, 9.17) is 0 Å². The first-order valence-electron chi connectivity index (χ1n) is 5.79. The van der Waals surface area contributed by atoms with E-state index in [1.807, 2.05) is 25.1 Å². The summed E-state index contributed by atoms with van der Waals surface area (Å²) < 4.78 is 0. The maximum Gasteiger partial charge on any atom is 0.231 e. The third kappa shape index (κ3) is 3.47. The molecule has 0 radical (unpaired) electrons. The fourth-order valence-electron chi connectivity index (χ4n) is 1.35. The molecule has 100 valence electrons. The van der Waals surface area contributed by atoms with Crippen molar-refractivity contribution in [3.05, 3.63) is 24.3 Å². The highest BCUT2D eigenvalue weighted by molar-refractivity contribution is 5.42. The lowest BCUT2D eigenvalue weighted by Gasteiger charge is -2.13. The molecule has 0 saturated carbocycles. The molecule has 19 heavy (non-hydrogen) atoms. The Bertz CT molecular complexity index is 527. The van der Waals surface area contributed by atoms with Crippen LogP contribution in [0.25, 0.3) is 0 Å². The van der Waals surface area contributed by atoms with Crippen molar-refractivity contribution in [2.24, 2.45) is 0 Å². The van der Waals surface area contributed by atoms with Crippen LogP contribution in [0.3, 0.4) is 0 Å². The molecule has 0 aromatic carbocycles. The smallest absolute Gasteiger partial charge is 0.231 e. The molecule has 2 heterocycles. The SMILES string of the molecule is CNc1nc(NCc2ccncn2)nc(N(C)C)n1. The van der Waals surface area contributed by atoms with Crippen LogP contribution in [0.1, 0.15) is 5.69 Å². The minimum Gasteiger partial charge on any atom is -0.357 e. The Morgan fingerprint density at radius 1 is 1.16 bits per heavy atom. The van der Waals surface area contributed by atoms with Crippen LogP contribution in [0.15, 0.2) is 18.6 Å². The van der Waals surface area contributed by atoms with E-state index in [1.165, 1.54) is 6.33 Å². The highest BCUT2D eigenvalue weighted by atomic mass is 15.3. The molecule has 0 bridgehead atoms. The molecule has 0 aliphatic carbocycles. The molecular formula is C11H16N8. The zero-order chi connectivity index (χ0) is 13.7. The molecular weight excluding hydrogens is 244 g/mol. The van der Waals surface area contributed by atoms with Crippen molar-refractivity contribution in [2.45, 2.75) is 6.54 Å². The van der Waals surface area contributed by atoms with Gasteiger partial charge in [-0.25, -0.2) is 9.97 Å². The van der Waals surface area contributed by atoms with E-state index in [2.05, 4.69) is 35.6 Å². The number of hydrogen-bond donors (Lipinski definition) is 2. The number of hydrogen-bond acceptors (Lipinski definition) is 8. The molecule has 0 aliphatic heterocycles. The van der Waals surface area contributed by atoms with Crippen LogP contribution in [0, 0.1) is 0 Å². The molecule has 8 nitrogen and oxygen atoms in total. The van der Waals surface area contributed by atoms with Crippen molar-refractivity contribution in [3.8, 4) is 0 Å². The van der Waals surface area contributed by atoms with Crippen LogP contribution in [-0.2, 0) is 6.54 Å². The first kappa shape index (κ1) is 12.9. The Kier molecular flexibility index (Phi) is 4.01. The van der Waals surface area contributed by atoms with Gasteiger partial charge in [-0.2, -0.15) is 15.0 Å². The lowest BCUT2D eigenvalue weighted by molar-refractivity contribution is 0.930. The highest BCUT2D eigenvalue weighted by Crippen LogP contribution is 2.11. The van der Waals surface area contributed by atoms with E-state index < -0.39 is 0 Å². The monoisotopic (exact) mass is 260 g/mol. The van der Waals surface area contributed by atoms with Crippen LogP contribution in [-0.4, -0.2) is 46.1 Å². The minimum absolute atomic E-state index is 0.502. The summed E-state index contributed by atoms with van der Waals surface area (Å²) in [6, 6.07) is 1.83. The summed E-state index contributed by atoms with van der Waals surface area (Å²) >= 11 is 0. The van der Waals surface area contributed by atoms with Crippen LogP contribution in [0.5, 0.6) is 0 Å². The normalized spacial score (nSPS) is 10.1. The van der Waals surface area contributed by atoms with Gasteiger partial charge in [-0.15, -0.1) is 0 Å². The maximum absolute atomic E-state index is 4.31. The third-order valence-electron chi connectivity index (χ3n) is 2.32. The molecule has 0 spiro atoms. The average molecular weight is 260 g/mol. The predicted molar refractivity (Wildman–Crippen MR) is 73.1 cm³/mol. The summed E-state index contributed by atoms with van der Waals surface area (Å²) in [6.07, 6.45) is 3.20. The fourth-order valence-corrected chi connectivity index (χ4v) is 1.35. The second kappa shape index (κ2) is 5.89. The van der Waals surface area contributed by atoms with Crippen molar-refractivity contribution < 1.29 is 0 Å². The molecule has 0 fully saturated rings. The maximum atomic E-state index is 4.31. The minimum atomic E-state index is 0.502. The molecule has 2 aromatic heterocycles. The predicted octanol–water partition coefficient (Wildman–Crippen LogP) is 0.381. The van der Waals surface area contributed by atoms with Gasteiger partial charge in [-0.3, -0.25) is 0 Å². The Balaban J connectivity index is 2.13. The van der Waals surface area contributed by atoms with E-state index in [1.54, 1.807) is 13.2 Å². The summed E-state index contributed by atoms with van der Waals surface area (Å²) in [7, 11) is 5.52. The lowest BCUT2D eigenvalue weighted by Crippen LogP contribution is -2.16. The fraction of sp³-hybridized carbons (Fsp3) is 0.364. The van der Waals surface area contributed by atoms with Gasteiger partial charge >= 0.3 is 0 Å². The second-order valence-electron chi connectivity index (χ2n) is 3.98. The first-order chi connectivity index (χ1) is 9.19. The van der Waals surface area contributed by atoms with Gasteiger partial charge < -0.3 is 15.5 Å². The molecule has 0 amide bonds. The van der Waals surface area contributed by atoms with E-state index >= 15 is 0 Å². The number of aromatic nitrogens is 5. The zero-order valence-electron chi connectivity index (χ0n) is 11.1. The molecule has 0 unspecified atom stereocenters. The third-order valence-corrected chi connectivity index (χ3v) is 2.32. The standard InChI is InChI=1S/C11H16N8/c1-12-9-16-10(18-11(17-9)19(2)3)14-6-8-4-5-13-7-15-8/h4-5,7H,6H2,1-3H3,(H2,12,14,16,17,18). The number of nitrogens with one attached hydrogen (secondary N) is 2. The topological polar surface area (TPSA) is 91.8 Å². The van der Waals surface area contributed by atoms with Gasteiger partial charge in [0.1, 0.15) is 6.33 Å². The van der Waals surface area contributed by atoms with E-state index in [0.717, 1.165) is 5.69 Å². The van der Waals surface area contributed by atoms with E-state index in [0.29, 0.717) is 24.4 Å². The largest absolute Gasteiger partial charge is 0.357 e. The average Bonchev–Trinajstić information content (AvgIpc) is 2.45. The quantitative estimate of drug-likeness (QED) is 0.797. The van der Waals surface area contributed by atoms with E-state index in [-0.39, 0.29) is 0 Å². The van der Waals surface area contributed by atoms with Crippen LogP contribution < -0.4 is 15.5 Å². The van der Waals surface area contributed by atoms with Gasteiger partial charge in [0.2, 0.25) is 17.8 Å². The van der Waals surface area contributed by atoms with Gasteiger partial charge in [0.25, 0.3) is 0 Å². The Labute approximate surface area is 111 Å². The molecule has 8 heteroatoms. The van der Waals surface area contributed by atoms with Crippen molar-refractivity contribution in [1.29, 1.82) is 0 Å². The Morgan fingerprint density at radius 2 is 1.95 bits per heavy atom. The molecule has 2 aromatic rings. The molecule has 0 aliphatic rings. The van der Waals surface area contributed by atoms with Gasteiger partial charge in [-0.05, 0) is 6.07 Å². The molecule has 0 atom stereocenters. The van der Waals surface area contributed by atoms with Crippen LogP contribution in [0.4, 0.5) is 17.8 Å². The van der Waals surface area contributed by atoms with Gasteiger partial charge in [-0.1, -0.05) is 0 Å². The zero-order valence-corrected chi connectivity index (χ0v) is 11.1. The summed E-state index contributed by atoms with van der Waals surface area (Å²) in [5.41, 5.74) is 0.868. The summed E-state index contributed by atoms with van der Waals surface area (Å²) in [4.78, 5) is 22.6. The number of nitrogens with zero attached hydrogens (tertiary/aromatic N) is 6. The van der Waals surface area contributed by atoms with Crippen molar-refractivity contribution in [3.63, 3.8) is 0 Å². The highest BCUT2D eigenvalue weighted by Gasteiger charge is 2.07. The van der Waals surface area contributed by atoms with Crippen molar-refractivity contribution >= 4 is 17.8 Å². The molecule has 2 rings (SSSR count). The number of rotatable bonds is 5. The second-order valence-corrected chi connectivity index (χ2v) is 3.98. The lowest BCUT2D eigenvalue weighted by atomic mass is 10.4. The van der Waals surface area contributed by atoms with Crippen LogP contribution in [0.2, 0.25) is 0 Å². The molecule has 0 saturated heterocycles. The van der Waals surface area contributed by atoms with Gasteiger partial charge in [0.15, 0.2) is 0 Å². The Hall–Kier alpha value is -2.51. The van der Waals surface area contributed by atoms with Crippen LogP contribution >= 0.6 is 0 Å². The van der Waals surface area contributed by atoms with Gasteiger partial charge in [0, 0.05) is 27.3 Å². The van der Waals surface area contributed by atoms with Gasteiger partial charge in [0.05, 0.1) is 12.2 Å². The summed E-state index contributed by atoms with van der Waals surface area (Å²) in [5, 5.41) is 6.02. The van der Waals surface area contributed by atoms with Crippen molar-refractivity contribution in [1.82, 2.24) is 24.9 Å². The van der Waals surface area contributed by atoms with Crippen molar-refractivity contribution in [2.75, 3.05) is 36.7 Å².